The van der Waals surface area contributed by atoms with Gasteiger partial charge >= 0.3 is 0 Å². The molecule has 0 fully saturated rings. The second kappa shape index (κ2) is 7.99. The van der Waals surface area contributed by atoms with E-state index in [0.29, 0.717) is 11.5 Å². The van der Waals surface area contributed by atoms with Crippen molar-refractivity contribution >= 4 is 11.9 Å². The van der Waals surface area contributed by atoms with E-state index in [9.17, 15) is 9.90 Å². The van der Waals surface area contributed by atoms with Crippen LogP contribution in [-0.2, 0) is 15.6 Å². The van der Waals surface area contributed by atoms with Gasteiger partial charge in [0.1, 0.15) is 11.5 Å². The van der Waals surface area contributed by atoms with Gasteiger partial charge in [0, 0.05) is 11.1 Å². The fraction of sp³-hybridized carbons (Fsp3) is 0.375. The Morgan fingerprint density at radius 3 is 1.96 bits per heavy atom. The Balaban J connectivity index is 2.24. The third kappa shape index (κ3) is 5.72. The Bertz CT molecular complexity index is 784. The van der Waals surface area contributed by atoms with E-state index in [2.05, 4.69) is 41.5 Å². The predicted octanol–water partition coefficient (Wildman–Crippen LogP) is 5.65. The number of ketones is 1. The van der Waals surface area contributed by atoms with E-state index in [1.807, 2.05) is 42.5 Å². The molecule has 2 aromatic rings. The van der Waals surface area contributed by atoms with Gasteiger partial charge in [0.2, 0.25) is 0 Å². The molecule has 2 aromatic carbocycles. The molecule has 2 rings (SSSR count). The maximum atomic E-state index is 12.2. The monoisotopic (exact) mass is 366 g/mol. The minimum Gasteiger partial charge on any atom is -0.507 e. The predicted molar refractivity (Wildman–Crippen MR) is 111 cm³/mol. The Morgan fingerprint density at radius 1 is 0.963 bits per heavy atom. The van der Waals surface area contributed by atoms with E-state index < -0.39 is 0 Å². The molecule has 0 bridgehead atoms. The van der Waals surface area contributed by atoms with Crippen LogP contribution < -0.4 is 4.74 Å². The second-order valence-corrected chi connectivity index (χ2v) is 8.87. The summed E-state index contributed by atoms with van der Waals surface area (Å²) in [6, 6.07) is 13.2. The summed E-state index contributed by atoms with van der Waals surface area (Å²) in [5.74, 6) is 0.904. The largest absolute Gasteiger partial charge is 0.507 e. The summed E-state index contributed by atoms with van der Waals surface area (Å²) in [6.45, 7) is 12.4. The minimum absolute atomic E-state index is 0.00312. The van der Waals surface area contributed by atoms with Crippen molar-refractivity contribution in [3.8, 4) is 11.5 Å². The standard InChI is InChI=1S/C24H30O3/c1-23(2,3)20-14-17(15-21(22(20)26)24(4,5)6)12-13-18(25)16-27-19-10-8-7-9-11-19/h7-15,26H,16H2,1-6H3. The smallest absolute Gasteiger partial charge is 0.193 e. The molecule has 0 saturated carbocycles. The van der Waals surface area contributed by atoms with Gasteiger partial charge in [-0.2, -0.15) is 0 Å². The minimum atomic E-state index is -0.200. The summed E-state index contributed by atoms with van der Waals surface area (Å²) in [4.78, 5) is 12.2. The average molecular weight is 367 g/mol. The highest BCUT2D eigenvalue weighted by atomic mass is 16.5. The van der Waals surface area contributed by atoms with Crippen LogP contribution >= 0.6 is 0 Å². The Morgan fingerprint density at radius 2 is 1.48 bits per heavy atom. The zero-order valence-electron chi connectivity index (χ0n) is 17.2. The summed E-state index contributed by atoms with van der Waals surface area (Å²) < 4.78 is 5.49. The molecule has 0 amide bonds. The van der Waals surface area contributed by atoms with Crippen molar-refractivity contribution in [2.75, 3.05) is 6.61 Å². The van der Waals surface area contributed by atoms with Gasteiger partial charge in [-0.25, -0.2) is 0 Å². The molecule has 0 aliphatic rings. The third-order valence-electron chi connectivity index (χ3n) is 4.33. The van der Waals surface area contributed by atoms with Crippen molar-refractivity contribution < 1.29 is 14.6 Å². The lowest BCUT2D eigenvalue weighted by Crippen LogP contribution is -2.17. The topological polar surface area (TPSA) is 46.5 Å². The number of para-hydroxylation sites is 1. The van der Waals surface area contributed by atoms with Gasteiger partial charge in [0.15, 0.2) is 12.4 Å². The number of phenols is 1. The van der Waals surface area contributed by atoms with E-state index in [0.717, 1.165) is 16.7 Å². The highest BCUT2D eigenvalue weighted by Crippen LogP contribution is 2.40. The van der Waals surface area contributed by atoms with Crippen molar-refractivity contribution in [2.24, 2.45) is 0 Å². The van der Waals surface area contributed by atoms with Gasteiger partial charge in [0.05, 0.1) is 0 Å². The van der Waals surface area contributed by atoms with Gasteiger partial charge < -0.3 is 9.84 Å². The molecule has 0 spiro atoms. The summed E-state index contributed by atoms with van der Waals surface area (Å²) in [5, 5.41) is 10.8. The van der Waals surface area contributed by atoms with Crippen LogP contribution in [0.3, 0.4) is 0 Å². The first-order valence-corrected chi connectivity index (χ1v) is 9.25. The van der Waals surface area contributed by atoms with Crippen molar-refractivity contribution in [2.45, 2.75) is 52.4 Å². The number of hydrogen-bond donors (Lipinski definition) is 1. The first kappa shape index (κ1) is 20.8. The van der Waals surface area contributed by atoms with Crippen LogP contribution in [0.15, 0.2) is 48.5 Å². The molecule has 0 heterocycles. The molecule has 27 heavy (non-hydrogen) atoms. The van der Waals surface area contributed by atoms with E-state index >= 15 is 0 Å². The Kier molecular flexibility index (Phi) is 6.15. The number of hydrogen-bond acceptors (Lipinski definition) is 3. The third-order valence-corrected chi connectivity index (χ3v) is 4.33. The van der Waals surface area contributed by atoms with Crippen LogP contribution in [0.25, 0.3) is 6.08 Å². The van der Waals surface area contributed by atoms with Crippen LogP contribution in [0.5, 0.6) is 11.5 Å². The Labute approximate surface area is 162 Å². The van der Waals surface area contributed by atoms with E-state index in [4.69, 9.17) is 4.74 Å². The van der Waals surface area contributed by atoms with Crippen molar-refractivity contribution in [1.82, 2.24) is 0 Å². The molecule has 3 heteroatoms. The number of carbonyl (C=O) groups is 1. The maximum Gasteiger partial charge on any atom is 0.193 e. The summed E-state index contributed by atoms with van der Waals surface area (Å²) in [6.07, 6.45) is 3.33. The van der Waals surface area contributed by atoms with Crippen molar-refractivity contribution in [3.05, 3.63) is 65.2 Å². The highest BCUT2D eigenvalue weighted by Gasteiger charge is 2.26. The molecule has 0 saturated heterocycles. The molecule has 0 atom stereocenters. The molecular weight excluding hydrogens is 336 g/mol. The van der Waals surface area contributed by atoms with Gasteiger partial charge in [-0.3, -0.25) is 4.79 Å². The fourth-order valence-corrected chi connectivity index (χ4v) is 2.80. The lowest BCUT2D eigenvalue weighted by molar-refractivity contribution is -0.116. The van der Waals surface area contributed by atoms with Crippen LogP contribution in [0.2, 0.25) is 0 Å². The van der Waals surface area contributed by atoms with Gasteiger partial charge in [0.25, 0.3) is 0 Å². The molecular formula is C24H30O3. The number of phenolic OH excluding ortho intramolecular Hbond substituents is 1. The fourth-order valence-electron chi connectivity index (χ4n) is 2.80. The summed E-state index contributed by atoms with van der Waals surface area (Å²) in [5.41, 5.74) is 2.25. The quantitative estimate of drug-likeness (QED) is 0.696. The Hall–Kier alpha value is -2.55. The molecule has 3 nitrogen and oxygen atoms in total. The average Bonchev–Trinajstić information content (AvgIpc) is 2.58. The molecule has 0 aliphatic carbocycles. The van der Waals surface area contributed by atoms with Crippen LogP contribution in [0, 0.1) is 0 Å². The lowest BCUT2D eigenvalue weighted by Gasteiger charge is -2.27. The number of benzene rings is 2. The van der Waals surface area contributed by atoms with Crippen LogP contribution in [0.1, 0.15) is 58.2 Å². The van der Waals surface area contributed by atoms with E-state index in [-0.39, 0.29) is 23.2 Å². The first-order chi connectivity index (χ1) is 12.5. The molecule has 0 aromatic heterocycles. The molecule has 0 radical (unpaired) electrons. The van der Waals surface area contributed by atoms with Gasteiger partial charge in [-0.1, -0.05) is 65.8 Å². The number of rotatable bonds is 5. The van der Waals surface area contributed by atoms with Crippen molar-refractivity contribution in [1.29, 1.82) is 0 Å². The lowest BCUT2D eigenvalue weighted by atomic mass is 9.78. The van der Waals surface area contributed by atoms with Gasteiger partial charge in [-0.05, 0) is 46.7 Å². The van der Waals surface area contributed by atoms with E-state index in [1.54, 1.807) is 6.08 Å². The first-order valence-electron chi connectivity index (χ1n) is 9.25. The summed E-state index contributed by atoms with van der Waals surface area (Å²) in [7, 11) is 0. The zero-order chi connectivity index (χ0) is 20.2. The molecule has 0 aliphatic heterocycles. The number of aromatic hydroxyl groups is 1. The highest BCUT2D eigenvalue weighted by molar-refractivity contribution is 5.94. The molecule has 0 unspecified atom stereocenters. The second-order valence-electron chi connectivity index (χ2n) is 8.87. The summed E-state index contributed by atoms with van der Waals surface area (Å²) >= 11 is 0. The molecule has 1 N–H and O–H groups in total. The normalized spacial score (nSPS) is 12.4. The molecule has 144 valence electrons. The SMILES string of the molecule is CC(C)(C)c1cc(C=CC(=O)COc2ccccc2)cc(C(C)(C)C)c1O. The van der Waals surface area contributed by atoms with Gasteiger partial charge in [-0.15, -0.1) is 0 Å². The van der Waals surface area contributed by atoms with Crippen LogP contribution in [-0.4, -0.2) is 17.5 Å². The van der Waals surface area contributed by atoms with Crippen LogP contribution in [0.4, 0.5) is 0 Å². The maximum absolute atomic E-state index is 12.2. The van der Waals surface area contributed by atoms with E-state index in [1.165, 1.54) is 6.08 Å². The zero-order valence-corrected chi connectivity index (χ0v) is 17.2. The van der Waals surface area contributed by atoms with Crippen molar-refractivity contribution in [3.63, 3.8) is 0 Å². The number of carbonyl (C=O) groups excluding carboxylic acids is 1. The number of ether oxygens (including phenoxy) is 1.